The smallest absolute Gasteiger partial charge is 0.0542 e. The second kappa shape index (κ2) is 6.24. The SMILES string of the molecule is CCc1cc(Br)ccc1NC(C)c1cnn(CC)c1. The van der Waals surface area contributed by atoms with Crippen LogP contribution in [0.2, 0.25) is 0 Å². The number of nitrogens with zero attached hydrogens (tertiary/aromatic N) is 2. The summed E-state index contributed by atoms with van der Waals surface area (Å²) in [6.45, 7) is 7.34. The third-order valence-electron chi connectivity index (χ3n) is 3.30. The van der Waals surface area contributed by atoms with Gasteiger partial charge in [-0.05, 0) is 44.0 Å². The highest BCUT2D eigenvalue weighted by molar-refractivity contribution is 9.10. The molecule has 102 valence electrons. The number of halogens is 1. The summed E-state index contributed by atoms with van der Waals surface area (Å²) >= 11 is 3.52. The Morgan fingerprint density at radius 1 is 1.37 bits per heavy atom. The summed E-state index contributed by atoms with van der Waals surface area (Å²) in [5.74, 6) is 0. The molecule has 1 unspecified atom stereocenters. The molecule has 0 saturated heterocycles. The van der Waals surface area contributed by atoms with E-state index in [-0.39, 0.29) is 6.04 Å². The van der Waals surface area contributed by atoms with Crippen molar-refractivity contribution in [3.05, 3.63) is 46.2 Å². The first-order valence-electron chi connectivity index (χ1n) is 6.71. The zero-order valence-corrected chi connectivity index (χ0v) is 13.2. The van der Waals surface area contributed by atoms with Gasteiger partial charge in [0.2, 0.25) is 0 Å². The normalized spacial score (nSPS) is 12.4. The Morgan fingerprint density at radius 2 is 2.16 bits per heavy atom. The largest absolute Gasteiger partial charge is 0.378 e. The molecule has 0 spiro atoms. The number of aryl methyl sites for hydroxylation is 2. The van der Waals surface area contributed by atoms with E-state index in [1.807, 2.05) is 10.9 Å². The molecule has 0 aliphatic carbocycles. The van der Waals surface area contributed by atoms with Gasteiger partial charge >= 0.3 is 0 Å². The van der Waals surface area contributed by atoms with Crippen molar-refractivity contribution in [3.8, 4) is 0 Å². The minimum Gasteiger partial charge on any atom is -0.378 e. The standard InChI is InChI=1S/C15H20BrN3/c1-4-12-8-14(16)6-7-15(12)18-11(3)13-9-17-19(5-2)10-13/h6-11,18H,4-5H2,1-3H3. The van der Waals surface area contributed by atoms with Crippen LogP contribution in [0.4, 0.5) is 5.69 Å². The minimum absolute atomic E-state index is 0.256. The van der Waals surface area contributed by atoms with Crippen LogP contribution in [-0.4, -0.2) is 9.78 Å². The predicted molar refractivity (Wildman–Crippen MR) is 83.5 cm³/mol. The van der Waals surface area contributed by atoms with Gasteiger partial charge in [0.05, 0.1) is 12.2 Å². The summed E-state index contributed by atoms with van der Waals surface area (Å²) in [6, 6.07) is 6.63. The Bertz CT molecular complexity index is 548. The molecule has 2 rings (SSSR count). The zero-order chi connectivity index (χ0) is 13.8. The lowest BCUT2D eigenvalue weighted by Gasteiger charge is -2.17. The van der Waals surface area contributed by atoms with Crippen LogP contribution in [-0.2, 0) is 13.0 Å². The molecule has 0 aliphatic heterocycles. The van der Waals surface area contributed by atoms with Crippen LogP contribution >= 0.6 is 15.9 Å². The molecule has 0 fully saturated rings. The van der Waals surface area contributed by atoms with E-state index in [0.717, 1.165) is 17.4 Å². The van der Waals surface area contributed by atoms with E-state index in [1.54, 1.807) is 0 Å². The monoisotopic (exact) mass is 321 g/mol. The second-order valence-electron chi connectivity index (χ2n) is 4.65. The third-order valence-corrected chi connectivity index (χ3v) is 3.79. The van der Waals surface area contributed by atoms with Gasteiger partial charge in [-0.2, -0.15) is 5.10 Å². The number of benzene rings is 1. The molecule has 0 aliphatic rings. The van der Waals surface area contributed by atoms with E-state index in [1.165, 1.54) is 16.8 Å². The van der Waals surface area contributed by atoms with E-state index in [2.05, 4.69) is 71.5 Å². The maximum atomic E-state index is 4.32. The maximum absolute atomic E-state index is 4.32. The van der Waals surface area contributed by atoms with E-state index in [4.69, 9.17) is 0 Å². The molecule has 2 aromatic rings. The molecule has 0 saturated carbocycles. The Hall–Kier alpha value is -1.29. The Morgan fingerprint density at radius 3 is 2.79 bits per heavy atom. The van der Waals surface area contributed by atoms with Crippen LogP contribution in [0.3, 0.4) is 0 Å². The number of anilines is 1. The van der Waals surface area contributed by atoms with Crippen molar-refractivity contribution < 1.29 is 0 Å². The third kappa shape index (κ3) is 3.38. The Labute approximate surface area is 123 Å². The number of aromatic nitrogens is 2. The van der Waals surface area contributed by atoms with Crippen LogP contribution in [0.5, 0.6) is 0 Å². The quantitative estimate of drug-likeness (QED) is 0.884. The van der Waals surface area contributed by atoms with Crippen molar-refractivity contribution >= 4 is 21.6 Å². The minimum atomic E-state index is 0.256. The molecule has 1 aromatic heterocycles. The summed E-state index contributed by atoms with van der Waals surface area (Å²) in [5, 5.41) is 7.89. The molecule has 0 amide bonds. The van der Waals surface area contributed by atoms with Gasteiger partial charge in [-0.1, -0.05) is 22.9 Å². The first-order valence-corrected chi connectivity index (χ1v) is 7.50. The van der Waals surface area contributed by atoms with Crippen LogP contribution < -0.4 is 5.32 Å². The molecule has 4 heteroatoms. The molecular weight excluding hydrogens is 302 g/mol. The van der Waals surface area contributed by atoms with Gasteiger partial charge in [-0.15, -0.1) is 0 Å². The van der Waals surface area contributed by atoms with Gasteiger partial charge in [0.1, 0.15) is 0 Å². The lowest BCUT2D eigenvalue weighted by molar-refractivity contribution is 0.658. The average molecular weight is 322 g/mol. The molecule has 1 N–H and O–H groups in total. The molecule has 3 nitrogen and oxygen atoms in total. The van der Waals surface area contributed by atoms with Gasteiger partial charge in [0, 0.05) is 28.5 Å². The van der Waals surface area contributed by atoms with Crippen molar-refractivity contribution in [1.82, 2.24) is 9.78 Å². The fraction of sp³-hybridized carbons (Fsp3) is 0.400. The first kappa shape index (κ1) is 14.1. The highest BCUT2D eigenvalue weighted by Gasteiger charge is 2.10. The average Bonchev–Trinajstić information content (AvgIpc) is 2.89. The second-order valence-corrected chi connectivity index (χ2v) is 5.57. The number of nitrogens with one attached hydrogen (secondary N) is 1. The van der Waals surface area contributed by atoms with Gasteiger partial charge in [0.15, 0.2) is 0 Å². The first-order chi connectivity index (χ1) is 9.13. The van der Waals surface area contributed by atoms with Crippen LogP contribution in [0.1, 0.15) is 37.9 Å². The van der Waals surface area contributed by atoms with Crippen molar-refractivity contribution in [2.24, 2.45) is 0 Å². The van der Waals surface area contributed by atoms with Crippen molar-refractivity contribution in [3.63, 3.8) is 0 Å². The van der Waals surface area contributed by atoms with Crippen LogP contribution in [0.25, 0.3) is 0 Å². The van der Waals surface area contributed by atoms with E-state index in [0.29, 0.717) is 0 Å². The summed E-state index contributed by atoms with van der Waals surface area (Å²) in [4.78, 5) is 0. The van der Waals surface area contributed by atoms with E-state index in [9.17, 15) is 0 Å². The van der Waals surface area contributed by atoms with Gasteiger partial charge in [-0.25, -0.2) is 0 Å². The number of rotatable bonds is 5. The number of hydrogen-bond acceptors (Lipinski definition) is 2. The summed E-state index contributed by atoms with van der Waals surface area (Å²) in [7, 11) is 0. The molecule has 19 heavy (non-hydrogen) atoms. The summed E-state index contributed by atoms with van der Waals surface area (Å²) in [5.41, 5.74) is 3.73. The van der Waals surface area contributed by atoms with E-state index < -0.39 is 0 Å². The molecule has 0 bridgehead atoms. The molecule has 0 radical (unpaired) electrons. The van der Waals surface area contributed by atoms with Crippen molar-refractivity contribution in [2.45, 2.75) is 39.8 Å². The van der Waals surface area contributed by atoms with E-state index >= 15 is 0 Å². The highest BCUT2D eigenvalue weighted by atomic mass is 79.9. The Kier molecular flexibility index (Phi) is 4.64. The maximum Gasteiger partial charge on any atom is 0.0542 e. The molecular formula is C15H20BrN3. The molecule has 1 aromatic carbocycles. The molecule has 1 atom stereocenters. The zero-order valence-electron chi connectivity index (χ0n) is 11.7. The molecule has 1 heterocycles. The fourth-order valence-electron chi connectivity index (χ4n) is 2.09. The van der Waals surface area contributed by atoms with Crippen LogP contribution in [0.15, 0.2) is 35.1 Å². The van der Waals surface area contributed by atoms with Gasteiger partial charge < -0.3 is 5.32 Å². The Balaban J connectivity index is 2.16. The number of hydrogen-bond donors (Lipinski definition) is 1. The topological polar surface area (TPSA) is 29.9 Å². The lowest BCUT2D eigenvalue weighted by atomic mass is 10.1. The summed E-state index contributed by atoms with van der Waals surface area (Å²) in [6.07, 6.45) is 5.05. The summed E-state index contributed by atoms with van der Waals surface area (Å²) < 4.78 is 3.08. The predicted octanol–water partition coefficient (Wildman–Crippen LogP) is 4.40. The van der Waals surface area contributed by atoms with Crippen molar-refractivity contribution in [2.75, 3.05) is 5.32 Å². The van der Waals surface area contributed by atoms with Gasteiger partial charge in [-0.3, -0.25) is 4.68 Å². The van der Waals surface area contributed by atoms with Crippen molar-refractivity contribution in [1.29, 1.82) is 0 Å². The van der Waals surface area contributed by atoms with Gasteiger partial charge in [0.25, 0.3) is 0 Å². The lowest BCUT2D eigenvalue weighted by Crippen LogP contribution is -2.07. The van der Waals surface area contributed by atoms with Crippen LogP contribution in [0, 0.1) is 0 Å². The fourth-order valence-corrected chi connectivity index (χ4v) is 2.50. The highest BCUT2D eigenvalue weighted by Crippen LogP contribution is 2.25.